The molecule has 98 valence electrons. The SMILES string of the molecule is Cn1cc(C2CCCC(C(=O)O)N2)c2c1CCC2. The largest absolute Gasteiger partial charge is 0.480 e. The number of aliphatic carboxylic acids is 1. The van der Waals surface area contributed by atoms with Crippen molar-refractivity contribution in [3.05, 3.63) is 23.0 Å². The lowest BCUT2D eigenvalue weighted by atomic mass is 9.92. The molecule has 4 nitrogen and oxygen atoms in total. The highest BCUT2D eigenvalue weighted by Crippen LogP contribution is 2.34. The number of aromatic nitrogens is 1. The minimum absolute atomic E-state index is 0.230. The minimum Gasteiger partial charge on any atom is -0.480 e. The van der Waals surface area contributed by atoms with Gasteiger partial charge in [0.05, 0.1) is 0 Å². The number of aryl methyl sites for hydroxylation is 1. The zero-order valence-electron chi connectivity index (χ0n) is 10.8. The van der Waals surface area contributed by atoms with Crippen molar-refractivity contribution in [1.82, 2.24) is 9.88 Å². The van der Waals surface area contributed by atoms with Crippen LogP contribution in [0.5, 0.6) is 0 Å². The second-order valence-corrected chi connectivity index (χ2v) is 5.52. The number of fused-ring (bicyclic) bond motifs is 1. The maximum Gasteiger partial charge on any atom is 0.320 e. The first-order valence-corrected chi connectivity index (χ1v) is 6.82. The molecular formula is C14H20N2O2. The first-order chi connectivity index (χ1) is 8.66. The van der Waals surface area contributed by atoms with Gasteiger partial charge in [0.1, 0.15) is 6.04 Å². The summed E-state index contributed by atoms with van der Waals surface area (Å²) in [5.74, 6) is -0.715. The fraction of sp³-hybridized carbons (Fsp3) is 0.643. The van der Waals surface area contributed by atoms with Gasteiger partial charge in [-0.05, 0) is 49.7 Å². The van der Waals surface area contributed by atoms with Crippen molar-refractivity contribution in [2.75, 3.05) is 0 Å². The van der Waals surface area contributed by atoms with Crippen molar-refractivity contribution in [1.29, 1.82) is 0 Å². The molecule has 2 N–H and O–H groups in total. The molecule has 1 saturated heterocycles. The Bertz CT molecular complexity index is 478. The van der Waals surface area contributed by atoms with Crippen LogP contribution < -0.4 is 5.32 Å². The van der Waals surface area contributed by atoms with Crippen molar-refractivity contribution in [2.45, 2.75) is 50.6 Å². The molecule has 0 aromatic carbocycles. The molecule has 1 aliphatic carbocycles. The molecule has 0 saturated carbocycles. The van der Waals surface area contributed by atoms with Crippen LogP contribution in [-0.4, -0.2) is 21.7 Å². The number of carboxylic acids is 1. The van der Waals surface area contributed by atoms with Crippen LogP contribution in [0.25, 0.3) is 0 Å². The van der Waals surface area contributed by atoms with Crippen molar-refractivity contribution in [2.24, 2.45) is 7.05 Å². The van der Waals surface area contributed by atoms with Crippen LogP contribution in [-0.2, 0) is 24.7 Å². The number of nitrogens with one attached hydrogen (secondary N) is 1. The molecule has 1 aromatic heterocycles. The fourth-order valence-corrected chi connectivity index (χ4v) is 3.47. The summed E-state index contributed by atoms with van der Waals surface area (Å²) >= 11 is 0. The number of rotatable bonds is 2. The summed E-state index contributed by atoms with van der Waals surface area (Å²) in [6.07, 6.45) is 8.56. The summed E-state index contributed by atoms with van der Waals surface area (Å²) in [4.78, 5) is 11.1. The average molecular weight is 248 g/mol. The van der Waals surface area contributed by atoms with E-state index >= 15 is 0 Å². The van der Waals surface area contributed by atoms with Gasteiger partial charge in [-0.25, -0.2) is 0 Å². The maximum atomic E-state index is 11.1. The summed E-state index contributed by atoms with van der Waals surface area (Å²) < 4.78 is 2.23. The second-order valence-electron chi connectivity index (χ2n) is 5.52. The first-order valence-electron chi connectivity index (χ1n) is 6.82. The molecule has 3 rings (SSSR count). The third-order valence-electron chi connectivity index (χ3n) is 4.36. The van der Waals surface area contributed by atoms with E-state index in [4.69, 9.17) is 5.11 Å². The van der Waals surface area contributed by atoms with Crippen LogP contribution in [0.1, 0.15) is 48.5 Å². The van der Waals surface area contributed by atoms with Gasteiger partial charge in [-0.1, -0.05) is 0 Å². The van der Waals surface area contributed by atoms with E-state index in [0.29, 0.717) is 0 Å². The average Bonchev–Trinajstić information content (AvgIpc) is 2.94. The molecule has 18 heavy (non-hydrogen) atoms. The summed E-state index contributed by atoms with van der Waals surface area (Å²) in [6, 6.07) is -0.145. The van der Waals surface area contributed by atoms with Crippen LogP contribution >= 0.6 is 0 Å². The van der Waals surface area contributed by atoms with E-state index in [1.165, 1.54) is 29.7 Å². The Kier molecular flexibility index (Phi) is 2.90. The van der Waals surface area contributed by atoms with E-state index in [1.54, 1.807) is 0 Å². The van der Waals surface area contributed by atoms with Crippen LogP contribution in [0, 0.1) is 0 Å². The van der Waals surface area contributed by atoms with Crippen molar-refractivity contribution < 1.29 is 9.90 Å². The van der Waals surface area contributed by atoms with Gasteiger partial charge in [0.15, 0.2) is 0 Å². The number of nitrogens with zero attached hydrogens (tertiary/aromatic N) is 1. The third kappa shape index (κ3) is 1.85. The van der Waals surface area contributed by atoms with E-state index in [2.05, 4.69) is 23.1 Å². The summed E-state index contributed by atoms with van der Waals surface area (Å²) in [5, 5.41) is 12.4. The Morgan fingerprint density at radius 3 is 3.00 bits per heavy atom. The third-order valence-corrected chi connectivity index (χ3v) is 4.36. The normalized spacial score (nSPS) is 27.2. The minimum atomic E-state index is -0.715. The predicted molar refractivity (Wildman–Crippen MR) is 68.6 cm³/mol. The molecule has 2 unspecified atom stereocenters. The lowest BCUT2D eigenvalue weighted by Gasteiger charge is -2.28. The monoisotopic (exact) mass is 248 g/mol. The zero-order valence-corrected chi connectivity index (χ0v) is 10.8. The van der Waals surface area contributed by atoms with Gasteiger partial charge in [-0.15, -0.1) is 0 Å². The van der Waals surface area contributed by atoms with E-state index in [0.717, 1.165) is 25.7 Å². The molecule has 1 aromatic rings. The van der Waals surface area contributed by atoms with Crippen molar-refractivity contribution in [3.8, 4) is 0 Å². The van der Waals surface area contributed by atoms with Crippen LogP contribution in [0.2, 0.25) is 0 Å². The van der Waals surface area contributed by atoms with Gasteiger partial charge < -0.3 is 9.67 Å². The molecule has 2 heterocycles. The lowest BCUT2D eigenvalue weighted by molar-refractivity contribution is -0.140. The molecule has 4 heteroatoms. The molecule has 0 spiro atoms. The smallest absolute Gasteiger partial charge is 0.320 e. The van der Waals surface area contributed by atoms with Crippen molar-refractivity contribution >= 4 is 5.97 Å². The molecule has 0 amide bonds. The Hall–Kier alpha value is -1.29. The van der Waals surface area contributed by atoms with E-state index in [-0.39, 0.29) is 12.1 Å². The van der Waals surface area contributed by atoms with Gasteiger partial charge in [-0.2, -0.15) is 0 Å². The lowest BCUT2D eigenvalue weighted by Crippen LogP contribution is -2.42. The highest BCUT2D eigenvalue weighted by molar-refractivity contribution is 5.73. The summed E-state index contributed by atoms with van der Waals surface area (Å²) in [7, 11) is 2.10. The summed E-state index contributed by atoms with van der Waals surface area (Å²) in [6.45, 7) is 0. The van der Waals surface area contributed by atoms with E-state index < -0.39 is 5.97 Å². The molecule has 2 aliphatic rings. The topological polar surface area (TPSA) is 54.3 Å². The molecule has 1 aliphatic heterocycles. The number of carboxylic acid groups (broad SMARTS) is 1. The standard InChI is InChI=1S/C14H20N2O2/c1-16-8-10(9-4-2-7-13(9)16)11-5-3-6-12(15-11)14(17)18/h8,11-12,15H,2-7H2,1H3,(H,17,18). The van der Waals surface area contributed by atoms with Gasteiger partial charge in [0.25, 0.3) is 0 Å². The first kappa shape index (κ1) is 11.8. The number of piperidine rings is 1. The van der Waals surface area contributed by atoms with Crippen LogP contribution in [0.4, 0.5) is 0 Å². The molecule has 1 fully saturated rings. The molecule has 0 bridgehead atoms. The second kappa shape index (κ2) is 4.43. The Morgan fingerprint density at radius 2 is 2.22 bits per heavy atom. The van der Waals surface area contributed by atoms with Gasteiger partial charge in [-0.3, -0.25) is 10.1 Å². The van der Waals surface area contributed by atoms with Crippen LogP contribution in [0.15, 0.2) is 6.20 Å². The number of carbonyl (C=O) groups is 1. The quantitative estimate of drug-likeness (QED) is 0.839. The molecular weight excluding hydrogens is 228 g/mol. The molecule has 2 atom stereocenters. The number of hydrogen-bond donors (Lipinski definition) is 2. The van der Waals surface area contributed by atoms with Gasteiger partial charge in [0.2, 0.25) is 0 Å². The highest BCUT2D eigenvalue weighted by Gasteiger charge is 2.30. The Morgan fingerprint density at radius 1 is 1.39 bits per heavy atom. The highest BCUT2D eigenvalue weighted by atomic mass is 16.4. The van der Waals surface area contributed by atoms with E-state index in [1.807, 2.05) is 0 Å². The van der Waals surface area contributed by atoms with Crippen molar-refractivity contribution in [3.63, 3.8) is 0 Å². The molecule has 0 radical (unpaired) electrons. The summed E-state index contributed by atoms with van der Waals surface area (Å²) in [5.41, 5.74) is 4.27. The van der Waals surface area contributed by atoms with E-state index in [9.17, 15) is 4.79 Å². The zero-order chi connectivity index (χ0) is 12.7. The van der Waals surface area contributed by atoms with Gasteiger partial charge >= 0.3 is 5.97 Å². The maximum absolute atomic E-state index is 11.1. The fourth-order valence-electron chi connectivity index (χ4n) is 3.47. The van der Waals surface area contributed by atoms with Crippen LogP contribution in [0.3, 0.4) is 0 Å². The Labute approximate surface area is 107 Å². The predicted octanol–water partition coefficient (Wildman–Crippen LogP) is 1.78. The number of hydrogen-bond acceptors (Lipinski definition) is 2. The van der Waals surface area contributed by atoms with Gasteiger partial charge in [0, 0.05) is 25.0 Å². The Balaban J connectivity index is 1.86.